The van der Waals surface area contributed by atoms with E-state index in [4.69, 9.17) is 18.0 Å². The largest absolute Gasteiger partial charge is 0.347 e. The van der Waals surface area contributed by atoms with Crippen molar-refractivity contribution in [2.45, 2.75) is 13.0 Å². The van der Waals surface area contributed by atoms with E-state index < -0.39 is 0 Å². The molecule has 0 unspecified atom stereocenters. The highest BCUT2D eigenvalue weighted by molar-refractivity contribution is 7.71. The fourth-order valence-corrected chi connectivity index (χ4v) is 4.23. The third-order valence-corrected chi connectivity index (χ3v) is 5.64. The molecular formula is C23H21ClFN5S. The van der Waals surface area contributed by atoms with Gasteiger partial charge >= 0.3 is 0 Å². The molecule has 0 aliphatic heterocycles. The van der Waals surface area contributed by atoms with Crippen LogP contribution in [-0.2, 0) is 6.54 Å². The topological polar surface area (TPSA) is 64.6 Å². The predicted molar refractivity (Wildman–Crippen MR) is 128 cm³/mol. The van der Waals surface area contributed by atoms with Crippen LogP contribution in [0, 0.1) is 10.6 Å². The number of H-pyrrole nitrogens is 1. The van der Waals surface area contributed by atoms with Gasteiger partial charge in [-0.3, -0.25) is 9.67 Å². The van der Waals surface area contributed by atoms with Crippen molar-refractivity contribution in [1.82, 2.24) is 19.3 Å². The van der Waals surface area contributed by atoms with Crippen LogP contribution in [-0.4, -0.2) is 25.9 Å². The summed E-state index contributed by atoms with van der Waals surface area (Å²) in [5.41, 5.74) is 8.41. The van der Waals surface area contributed by atoms with Crippen LogP contribution in [0.25, 0.3) is 38.8 Å². The first kappa shape index (κ1) is 21.2. The minimum atomic E-state index is -0.286. The molecule has 0 aliphatic carbocycles. The fraction of sp³-hybridized carbons (Fsp3) is 0.130. The summed E-state index contributed by atoms with van der Waals surface area (Å²) >= 11 is 5.59. The molecule has 5 nitrogen and oxygen atoms in total. The van der Waals surface area contributed by atoms with Crippen molar-refractivity contribution in [2.24, 2.45) is 5.73 Å². The molecule has 3 aromatic carbocycles. The van der Waals surface area contributed by atoms with Gasteiger partial charge in [-0.1, -0.05) is 36.4 Å². The van der Waals surface area contributed by atoms with Gasteiger partial charge in [0.25, 0.3) is 0 Å². The zero-order valence-corrected chi connectivity index (χ0v) is 18.2. The Hall–Kier alpha value is -3.00. The van der Waals surface area contributed by atoms with Crippen molar-refractivity contribution in [3.63, 3.8) is 0 Å². The lowest BCUT2D eigenvalue weighted by Gasteiger charge is -2.10. The molecule has 0 fully saturated rings. The molecule has 2 heterocycles. The number of halogens is 2. The molecule has 0 saturated heterocycles. The van der Waals surface area contributed by atoms with Gasteiger partial charge in [0.15, 0.2) is 10.6 Å². The second-order valence-corrected chi connectivity index (χ2v) is 7.61. The molecule has 0 atom stereocenters. The Balaban J connectivity index is 0.00000231. The Morgan fingerprint density at radius 2 is 1.84 bits per heavy atom. The predicted octanol–water partition coefficient (Wildman–Crippen LogP) is 5.61. The van der Waals surface area contributed by atoms with Crippen LogP contribution in [0.15, 0.2) is 66.9 Å². The third-order valence-electron chi connectivity index (χ3n) is 5.37. The van der Waals surface area contributed by atoms with Gasteiger partial charge in [-0.2, -0.15) is 5.10 Å². The Morgan fingerprint density at radius 3 is 2.68 bits per heavy atom. The zero-order chi connectivity index (χ0) is 20.7. The highest BCUT2D eigenvalue weighted by Gasteiger charge is 2.18. The van der Waals surface area contributed by atoms with E-state index in [1.54, 1.807) is 12.1 Å². The second kappa shape index (κ2) is 8.63. The molecule has 0 radical (unpaired) electrons. The second-order valence-electron chi connectivity index (χ2n) is 7.23. The van der Waals surface area contributed by atoms with Crippen molar-refractivity contribution in [1.29, 1.82) is 0 Å². The molecule has 0 aliphatic rings. The minimum Gasteiger partial charge on any atom is -0.347 e. The number of fused-ring (bicyclic) bond motifs is 2. The van der Waals surface area contributed by atoms with E-state index >= 15 is 0 Å². The Labute approximate surface area is 189 Å². The van der Waals surface area contributed by atoms with E-state index in [1.807, 2.05) is 35.0 Å². The molecular weight excluding hydrogens is 433 g/mol. The van der Waals surface area contributed by atoms with E-state index in [-0.39, 0.29) is 18.2 Å². The quantitative estimate of drug-likeness (QED) is 0.340. The number of hydrogen-bond acceptors (Lipinski definition) is 3. The van der Waals surface area contributed by atoms with E-state index in [1.165, 1.54) is 6.07 Å². The Morgan fingerprint density at radius 1 is 1.03 bits per heavy atom. The van der Waals surface area contributed by atoms with Gasteiger partial charge in [0, 0.05) is 34.6 Å². The summed E-state index contributed by atoms with van der Waals surface area (Å²) < 4.78 is 18.7. The van der Waals surface area contributed by atoms with Gasteiger partial charge < -0.3 is 10.3 Å². The summed E-state index contributed by atoms with van der Waals surface area (Å²) in [6, 6.07) is 19.1. The monoisotopic (exact) mass is 453 g/mol. The van der Waals surface area contributed by atoms with Crippen molar-refractivity contribution in [2.75, 3.05) is 6.54 Å². The molecule has 31 heavy (non-hydrogen) atoms. The Kier molecular flexibility index (Phi) is 5.91. The summed E-state index contributed by atoms with van der Waals surface area (Å²) in [6.07, 6.45) is 2.84. The number of nitrogens with zero attached hydrogens (tertiary/aromatic N) is 3. The summed E-state index contributed by atoms with van der Waals surface area (Å²) in [5.74, 6) is 0.365. The van der Waals surface area contributed by atoms with Crippen LogP contribution in [0.1, 0.15) is 6.42 Å². The Bertz CT molecular complexity index is 1430. The van der Waals surface area contributed by atoms with Gasteiger partial charge in [-0.25, -0.2) is 4.39 Å². The normalized spacial score (nSPS) is 11.2. The van der Waals surface area contributed by atoms with Crippen LogP contribution < -0.4 is 5.73 Å². The SMILES string of the molecule is Cl.NCCCn1cc(-c2n[nH]c(=S)n2-c2cccc3ccccc23)c2cc(F)ccc21. The third kappa shape index (κ3) is 3.65. The molecule has 8 heteroatoms. The molecule has 0 amide bonds. The minimum absolute atomic E-state index is 0. The van der Waals surface area contributed by atoms with E-state index in [2.05, 4.69) is 33.0 Å². The molecule has 0 saturated carbocycles. The van der Waals surface area contributed by atoms with Crippen molar-refractivity contribution >= 4 is 46.3 Å². The molecule has 5 aromatic rings. The highest BCUT2D eigenvalue weighted by atomic mass is 35.5. The molecule has 2 aromatic heterocycles. The number of aromatic amines is 1. The smallest absolute Gasteiger partial charge is 0.200 e. The average molecular weight is 454 g/mol. The van der Waals surface area contributed by atoms with E-state index in [0.717, 1.165) is 45.9 Å². The summed E-state index contributed by atoms with van der Waals surface area (Å²) in [7, 11) is 0. The van der Waals surface area contributed by atoms with Crippen LogP contribution in [0.2, 0.25) is 0 Å². The van der Waals surface area contributed by atoms with Crippen LogP contribution in [0.5, 0.6) is 0 Å². The number of aromatic nitrogens is 4. The van der Waals surface area contributed by atoms with Crippen LogP contribution in [0.4, 0.5) is 4.39 Å². The number of nitrogens with two attached hydrogens (primary N) is 1. The van der Waals surface area contributed by atoms with Gasteiger partial charge in [-0.15, -0.1) is 12.4 Å². The van der Waals surface area contributed by atoms with E-state index in [9.17, 15) is 4.39 Å². The lowest BCUT2D eigenvalue weighted by molar-refractivity contribution is 0.629. The first-order valence-electron chi connectivity index (χ1n) is 9.82. The molecule has 5 rings (SSSR count). The maximum atomic E-state index is 14.1. The number of hydrogen-bond donors (Lipinski definition) is 2. The van der Waals surface area contributed by atoms with Gasteiger partial charge in [-0.05, 0) is 54.8 Å². The number of nitrogens with one attached hydrogen (secondary N) is 1. The molecule has 158 valence electrons. The van der Waals surface area contributed by atoms with E-state index in [0.29, 0.717) is 17.1 Å². The zero-order valence-electron chi connectivity index (χ0n) is 16.6. The van der Waals surface area contributed by atoms with Crippen molar-refractivity contribution in [3.8, 4) is 17.1 Å². The number of benzene rings is 3. The van der Waals surface area contributed by atoms with Crippen LogP contribution >= 0.6 is 24.6 Å². The first-order chi connectivity index (χ1) is 14.7. The van der Waals surface area contributed by atoms with Crippen molar-refractivity contribution < 1.29 is 4.39 Å². The van der Waals surface area contributed by atoms with Gasteiger partial charge in [0.2, 0.25) is 0 Å². The average Bonchev–Trinajstić information content (AvgIpc) is 3.31. The summed E-state index contributed by atoms with van der Waals surface area (Å²) in [6.45, 7) is 1.34. The summed E-state index contributed by atoms with van der Waals surface area (Å²) in [4.78, 5) is 0. The molecule has 3 N–H and O–H groups in total. The lowest BCUT2D eigenvalue weighted by Crippen LogP contribution is -2.04. The van der Waals surface area contributed by atoms with Crippen LogP contribution in [0.3, 0.4) is 0 Å². The maximum Gasteiger partial charge on any atom is 0.200 e. The number of rotatable bonds is 5. The standard InChI is InChI=1S/C23H20FN5S.ClH/c24-16-9-10-20-18(13-16)19(14-28(20)12-4-11-25)22-26-27-23(30)29(22)21-8-3-6-15-5-1-2-7-17(15)21;/h1-3,5-10,13-14H,4,11-12,25H2,(H,27,30);1H. The molecule has 0 spiro atoms. The highest BCUT2D eigenvalue weighted by Crippen LogP contribution is 2.33. The first-order valence-corrected chi connectivity index (χ1v) is 10.2. The maximum absolute atomic E-state index is 14.1. The lowest BCUT2D eigenvalue weighted by atomic mass is 10.1. The number of aryl methyl sites for hydroxylation is 1. The molecule has 0 bridgehead atoms. The van der Waals surface area contributed by atoms with Crippen molar-refractivity contribution in [3.05, 3.63) is 77.4 Å². The van der Waals surface area contributed by atoms with Gasteiger partial charge in [0.05, 0.1) is 5.69 Å². The fourth-order valence-electron chi connectivity index (χ4n) is 4.00. The van der Waals surface area contributed by atoms with Gasteiger partial charge in [0.1, 0.15) is 5.82 Å². The summed E-state index contributed by atoms with van der Waals surface area (Å²) in [5, 5.41) is 10.4.